The molecule has 0 radical (unpaired) electrons. The van der Waals surface area contributed by atoms with Crippen molar-refractivity contribution in [1.29, 1.82) is 5.26 Å². The summed E-state index contributed by atoms with van der Waals surface area (Å²) in [7, 11) is 1.54. The van der Waals surface area contributed by atoms with E-state index in [2.05, 4.69) is 0 Å². The van der Waals surface area contributed by atoms with Gasteiger partial charge in [0.05, 0.1) is 23.8 Å². The lowest BCUT2D eigenvalue weighted by Crippen LogP contribution is -2.04. The van der Waals surface area contributed by atoms with Crippen molar-refractivity contribution in [3.05, 3.63) is 69.0 Å². The molecule has 0 spiro atoms. The Morgan fingerprint density at radius 1 is 1.21 bits per heavy atom. The van der Waals surface area contributed by atoms with Gasteiger partial charge in [-0.05, 0) is 30.3 Å². The van der Waals surface area contributed by atoms with Gasteiger partial charge in [-0.15, -0.1) is 0 Å². The maximum Gasteiger partial charge on any atom is 0.336 e. The van der Waals surface area contributed by atoms with Gasteiger partial charge >= 0.3 is 5.63 Å². The molecule has 0 unspecified atom stereocenters. The van der Waals surface area contributed by atoms with Crippen LogP contribution in [0.4, 0.5) is 0 Å². The molecule has 0 atom stereocenters. The van der Waals surface area contributed by atoms with Crippen LogP contribution in [0, 0.1) is 11.3 Å². The lowest BCUT2D eigenvalue weighted by Gasteiger charge is -2.10. The molecule has 1 heterocycles. The maximum atomic E-state index is 11.7. The molecule has 6 heteroatoms. The number of fused-ring (bicyclic) bond motifs is 1. The summed E-state index contributed by atoms with van der Waals surface area (Å²) in [6.07, 6.45) is 0. The van der Waals surface area contributed by atoms with Crippen LogP contribution in [0.15, 0.2) is 51.7 Å². The van der Waals surface area contributed by atoms with Crippen LogP contribution in [0.1, 0.15) is 11.1 Å². The SMILES string of the molecule is COc1ccc2c(COc3ccc(C#N)cc3Cl)cc(=O)oc2c1. The van der Waals surface area contributed by atoms with E-state index in [-0.39, 0.29) is 6.61 Å². The molecular formula is C18H12ClNO4. The Labute approximate surface area is 142 Å². The molecule has 5 nitrogen and oxygen atoms in total. The molecule has 0 aliphatic heterocycles. The molecule has 0 amide bonds. The molecular weight excluding hydrogens is 330 g/mol. The summed E-state index contributed by atoms with van der Waals surface area (Å²) in [6, 6.07) is 13.4. The molecule has 0 saturated carbocycles. The quantitative estimate of drug-likeness (QED) is 0.673. The molecule has 0 saturated heterocycles. The molecule has 120 valence electrons. The normalized spacial score (nSPS) is 10.4. The molecule has 0 aliphatic rings. The van der Waals surface area contributed by atoms with Crippen LogP contribution in [0.5, 0.6) is 11.5 Å². The van der Waals surface area contributed by atoms with E-state index in [9.17, 15) is 4.79 Å². The summed E-state index contributed by atoms with van der Waals surface area (Å²) in [6.45, 7) is 0.139. The fourth-order valence-corrected chi connectivity index (χ4v) is 2.53. The Hall–Kier alpha value is -2.97. The highest BCUT2D eigenvalue weighted by Gasteiger charge is 2.09. The summed E-state index contributed by atoms with van der Waals surface area (Å²) in [4.78, 5) is 11.7. The van der Waals surface area contributed by atoms with Gasteiger partial charge in [0.15, 0.2) is 0 Å². The highest BCUT2D eigenvalue weighted by molar-refractivity contribution is 6.32. The monoisotopic (exact) mass is 341 g/mol. The number of halogens is 1. The topological polar surface area (TPSA) is 72.5 Å². The minimum Gasteiger partial charge on any atom is -0.497 e. The Morgan fingerprint density at radius 2 is 2.04 bits per heavy atom. The molecule has 0 N–H and O–H groups in total. The van der Waals surface area contributed by atoms with E-state index in [1.807, 2.05) is 6.07 Å². The standard InChI is InChI=1S/C18H12ClNO4/c1-22-13-3-4-14-12(7-18(21)24-17(14)8-13)10-23-16-5-2-11(9-20)6-15(16)19/h2-8H,10H2,1H3. The van der Waals surface area contributed by atoms with Crippen LogP contribution in [-0.4, -0.2) is 7.11 Å². The van der Waals surface area contributed by atoms with E-state index in [1.165, 1.54) is 12.1 Å². The van der Waals surface area contributed by atoms with Gasteiger partial charge in [-0.1, -0.05) is 11.6 Å². The van der Waals surface area contributed by atoms with Crippen molar-refractivity contribution in [2.24, 2.45) is 0 Å². The van der Waals surface area contributed by atoms with Gasteiger partial charge in [0, 0.05) is 23.1 Å². The van der Waals surface area contributed by atoms with E-state index in [0.29, 0.717) is 33.2 Å². The Bertz CT molecular complexity index is 1000. The number of benzene rings is 2. The fraction of sp³-hybridized carbons (Fsp3) is 0.111. The van der Waals surface area contributed by atoms with E-state index >= 15 is 0 Å². The second-order valence-electron chi connectivity index (χ2n) is 5.00. The molecule has 24 heavy (non-hydrogen) atoms. The Kier molecular flexibility index (Phi) is 4.41. The highest BCUT2D eigenvalue weighted by Crippen LogP contribution is 2.28. The number of ether oxygens (including phenoxy) is 2. The second kappa shape index (κ2) is 6.65. The number of methoxy groups -OCH3 is 1. The predicted octanol–water partition coefficient (Wildman–Crippen LogP) is 3.91. The summed E-state index contributed by atoms with van der Waals surface area (Å²) < 4.78 is 16.0. The third-order valence-corrected chi connectivity index (χ3v) is 3.78. The average molecular weight is 342 g/mol. The summed E-state index contributed by atoms with van der Waals surface area (Å²) in [5, 5.41) is 9.93. The van der Waals surface area contributed by atoms with E-state index in [0.717, 1.165) is 5.39 Å². The number of nitrogens with zero attached hydrogens (tertiary/aromatic N) is 1. The first-order valence-corrected chi connectivity index (χ1v) is 7.42. The van der Waals surface area contributed by atoms with E-state index in [4.69, 9.17) is 30.8 Å². The van der Waals surface area contributed by atoms with Gasteiger partial charge in [0.2, 0.25) is 0 Å². The summed E-state index contributed by atoms with van der Waals surface area (Å²) >= 11 is 6.09. The molecule has 1 aromatic heterocycles. The first-order chi connectivity index (χ1) is 11.6. The van der Waals surface area contributed by atoms with Gasteiger partial charge < -0.3 is 13.9 Å². The molecule has 3 rings (SSSR count). The molecule has 2 aromatic carbocycles. The number of rotatable bonds is 4. The van der Waals surface area contributed by atoms with Crippen molar-refractivity contribution in [1.82, 2.24) is 0 Å². The first-order valence-electron chi connectivity index (χ1n) is 7.04. The van der Waals surface area contributed by atoms with Crippen LogP contribution in [0.2, 0.25) is 5.02 Å². The van der Waals surface area contributed by atoms with Gasteiger partial charge in [-0.2, -0.15) is 5.26 Å². The van der Waals surface area contributed by atoms with E-state index < -0.39 is 5.63 Å². The fourth-order valence-electron chi connectivity index (χ4n) is 2.30. The van der Waals surface area contributed by atoms with Crippen LogP contribution < -0.4 is 15.1 Å². The average Bonchev–Trinajstić information content (AvgIpc) is 2.59. The van der Waals surface area contributed by atoms with Gasteiger partial charge in [0.1, 0.15) is 23.7 Å². The minimum absolute atomic E-state index is 0.139. The zero-order chi connectivity index (χ0) is 17.1. The zero-order valence-electron chi connectivity index (χ0n) is 12.7. The van der Waals surface area contributed by atoms with Crippen LogP contribution in [0.25, 0.3) is 11.0 Å². The second-order valence-corrected chi connectivity index (χ2v) is 5.41. The van der Waals surface area contributed by atoms with Crippen molar-refractivity contribution in [3.8, 4) is 17.6 Å². The van der Waals surface area contributed by atoms with Crippen LogP contribution in [0.3, 0.4) is 0 Å². The molecule has 0 bridgehead atoms. The largest absolute Gasteiger partial charge is 0.497 e. The first kappa shape index (κ1) is 15.9. The number of hydrogen-bond donors (Lipinski definition) is 0. The third kappa shape index (κ3) is 3.19. The number of nitriles is 1. The highest BCUT2D eigenvalue weighted by atomic mass is 35.5. The third-order valence-electron chi connectivity index (χ3n) is 3.48. The Morgan fingerprint density at radius 3 is 2.75 bits per heavy atom. The Balaban J connectivity index is 1.93. The van der Waals surface area contributed by atoms with Crippen LogP contribution in [-0.2, 0) is 6.61 Å². The molecule has 0 fully saturated rings. The maximum absolute atomic E-state index is 11.7. The van der Waals surface area contributed by atoms with Crippen LogP contribution >= 0.6 is 11.6 Å². The van der Waals surface area contributed by atoms with Crippen molar-refractivity contribution >= 4 is 22.6 Å². The van der Waals surface area contributed by atoms with Gasteiger partial charge in [-0.25, -0.2) is 4.79 Å². The van der Waals surface area contributed by atoms with E-state index in [1.54, 1.807) is 37.4 Å². The lowest BCUT2D eigenvalue weighted by molar-refractivity contribution is 0.307. The lowest BCUT2D eigenvalue weighted by atomic mass is 10.1. The summed E-state index contributed by atoms with van der Waals surface area (Å²) in [5.74, 6) is 1.03. The number of hydrogen-bond acceptors (Lipinski definition) is 5. The zero-order valence-corrected chi connectivity index (χ0v) is 13.5. The van der Waals surface area contributed by atoms with Crippen molar-refractivity contribution < 1.29 is 13.9 Å². The minimum atomic E-state index is -0.472. The smallest absolute Gasteiger partial charge is 0.336 e. The van der Waals surface area contributed by atoms with Crippen molar-refractivity contribution in [2.45, 2.75) is 6.61 Å². The van der Waals surface area contributed by atoms with Gasteiger partial charge in [-0.3, -0.25) is 0 Å². The van der Waals surface area contributed by atoms with Gasteiger partial charge in [0.25, 0.3) is 0 Å². The predicted molar refractivity (Wildman–Crippen MR) is 89.5 cm³/mol. The van der Waals surface area contributed by atoms with Crippen molar-refractivity contribution in [2.75, 3.05) is 7.11 Å². The molecule has 0 aliphatic carbocycles. The summed E-state index contributed by atoms with van der Waals surface area (Å²) in [5.41, 5.74) is 1.07. The van der Waals surface area contributed by atoms with Crippen molar-refractivity contribution in [3.63, 3.8) is 0 Å². The molecule has 3 aromatic rings.